The Hall–Kier alpha value is 0. The molecule has 0 heterocycles. The quantitative estimate of drug-likeness (QED) is 0.582. The predicted octanol–water partition coefficient (Wildman–Crippen LogP) is 5.28. The molecule has 0 aromatic heterocycles. The van der Waals surface area contributed by atoms with Gasteiger partial charge in [-0.15, -0.1) is 0 Å². The molecule has 0 aliphatic heterocycles. The van der Waals surface area contributed by atoms with Crippen molar-refractivity contribution >= 4 is 0 Å². The van der Waals surface area contributed by atoms with Crippen LogP contribution in [0.15, 0.2) is 0 Å². The maximum atomic E-state index is 2.47. The first-order chi connectivity index (χ1) is 6.96. The molecular weight excluding hydrogens is 180 g/mol. The lowest BCUT2D eigenvalue weighted by Crippen LogP contribution is -2.26. The summed E-state index contributed by atoms with van der Waals surface area (Å²) in [7, 11) is 0. The molecule has 1 rings (SSSR count). The molecule has 0 N–H and O–H groups in total. The highest BCUT2D eigenvalue weighted by atomic mass is 14.4. The van der Waals surface area contributed by atoms with Crippen molar-refractivity contribution in [2.75, 3.05) is 0 Å². The van der Waals surface area contributed by atoms with Crippen LogP contribution in [-0.2, 0) is 0 Å². The Morgan fingerprint density at radius 2 is 1.53 bits per heavy atom. The van der Waals surface area contributed by atoms with Gasteiger partial charge in [0.25, 0.3) is 0 Å². The minimum atomic E-state index is 0.582. The van der Waals surface area contributed by atoms with E-state index >= 15 is 0 Å². The van der Waals surface area contributed by atoms with Gasteiger partial charge in [-0.05, 0) is 48.9 Å². The van der Waals surface area contributed by atoms with Gasteiger partial charge in [0.15, 0.2) is 0 Å². The molecule has 0 bridgehead atoms. The third-order valence-electron chi connectivity index (χ3n) is 4.30. The van der Waals surface area contributed by atoms with Gasteiger partial charge in [0.2, 0.25) is 0 Å². The van der Waals surface area contributed by atoms with E-state index in [9.17, 15) is 0 Å². The second-order valence-corrected chi connectivity index (χ2v) is 6.70. The van der Waals surface area contributed by atoms with Crippen LogP contribution >= 0.6 is 0 Å². The fourth-order valence-corrected chi connectivity index (χ4v) is 3.76. The van der Waals surface area contributed by atoms with Gasteiger partial charge in [-0.25, -0.2) is 0 Å². The first-order valence-corrected chi connectivity index (χ1v) is 6.96. The number of hydrogen-bond acceptors (Lipinski definition) is 0. The highest BCUT2D eigenvalue weighted by Gasteiger charge is 2.29. The minimum absolute atomic E-state index is 0.582. The second-order valence-electron chi connectivity index (χ2n) is 6.70. The fraction of sp³-hybridized carbons (Fsp3) is 1.00. The van der Waals surface area contributed by atoms with Gasteiger partial charge in [0.05, 0.1) is 0 Å². The summed E-state index contributed by atoms with van der Waals surface area (Å²) < 4.78 is 0. The Balaban J connectivity index is 2.65. The standard InChI is InChI=1S/C15H30/c1-6-13-8-12(3)10-15(4,5)11-14(7-2)9-13/h12-14H,6-11H2,1-5H3. The van der Waals surface area contributed by atoms with E-state index in [2.05, 4.69) is 34.6 Å². The third kappa shape index (κ3) is 4.17. The molecule has 1 aliphatic carbocycles. The van der Waals surface area contributed by atoms with Crippen LogP contribution in [0.25, 0.3) is 0 Å². The summed E-state index contributed by atoms with van der Waals surface area (Å²) in [4.78, 5) is 0. The molecule has 1 aliphatic rings. The molecule has 0 radical (unpaired) electrons. The largest absolute Gasteiger partial charge is 0.0651 e. The lowest BCUT2D eigenvalue weighted by atomic mass is 9.68. The predicted molar refractivity (Wildman–Crippen MR) is 69.0 cm³/mol. The van der Waals surface area contributed by atoms with Crippen molar-refractivity contribution in [3.63, 3.8) is 0 Å². The van der Waals surface area contributed by atoms with Gasteiger partial charge < -0.3 is 0 Å². The van der Waals surface area contributed by atoms with Crippen molar-refractivity contribution in [1.82, 2.24) is 0 Å². The maximum Gasteiger partial charge on any atom is -0.0349 e. The van der Waals surface area contributed by atoms with Gasteiger partial charge in [-0.1, -0.05) is 47.5 Å². The van der Waals surface area contributed by atoms with Crippen molar-refractivity contribution < 1.29 is 0 Å². The van der Waals surface area contributed by atoms with E-state index in [1.165, 1.54) is 38.5 Å². The van der Waals surface area contributed by atoms with E-state index < -0.39 is 0 Å². The Labute approximate surface area is 96.8 Å². The molecule has 90 valence electrons. The summed E-state index contributed by atoms with van der Waals surface area (Å²) in [5.41, 5.74) is 0.582. The van der Waals surface area contributed by atoms with E-state index in [-0.39, 0.29) is 0 Å². The number of hydrogen-bond donors (Lipinski definition) is 0. The molecule has 3 atom stereocenters. The van der Waals surface area contributed by atoms with Crippen molar-refractivity contribution in [1.29, 1.82) is 0 Å². The summed E-state index contributed by atoms with van der Waals surface area (Å²) in [5.74, 6) is 2.92. The van der Waals surface area contributed by atoms with E-state index in [0.717, 1.165) is 17.8 Å². The first-order valence-electron chi connectivity index (χ1n) is 6.96. The van der Waals surface area contributed by atoms with Gasteiger partial charge in [-0.2, -0.15) is 0 Å². The monoisotopic (exact) mass is 210 g/mol. The van der Waals surface area contributed by atoms with E-state index in [4.69, 9.17) is 0 Å². The molecule has 0 aromatic carbocycles. The average molecular weight is 210 g/mol. The van der Waals surface area contributed by atoms with Crippen LogP contribution in [0.5, 0.6) is 0 Å². The van der Waals surface area contributed by atoms with Crippen molar-refractivity contribution in [3.05, 3.63) is 0 Å². The molecule has 3 unspecified atom stereocenters. The fourth-order valence-electron chi connectivity index (χ4n) is 3.76. The molecule has 0 amide bonds. The van der Waals surface area contributed by atoms with Crippen LogP contribution in [0.1, 0.15) is 73.1 Å². The Bertz CT molecular complexity index is 180. The maximum absolute atomic E-state index is 2.47. The van der Waals surface area contributed by atoms with Gasteiger partial charge >= 0.3 is 0 Å². The topological polar surface area (TPSA) is 0 Å². The molecule has 0 nitrogen and oxygen atoms in total. The number of rotatable bonds is 2. The van der Waals surface area contributed by atoms with Crippen LogP contribution in [0.3, 0.4) is 0 Å². The Kier molecular flexibility index (Phi) is 4.67. The summed E-state index contributed by atoms with van der Waals surface area (Å²) in [5, 5.41) is 0. The van der Waals surface area contributed by atoms with Gasteiger partial charge in [0, 0.05) is 0 Å². The molecule has 0 spiro atoms. The van der Waals surface area contributed by atoms with E-state index in [1.807, 2.05) is 0 Å². The lowest BCUT2D eigenvalue weighted by Gasteiger charge is -2.37. The summed E-state index contributed by atoms with van der Waals surface area (Å²) >= 11 is 0. The molecule has 0 heteroatoms. The summed E-state index contributed by atoms with van der Waals surface area (Å²) in [6.45, 7) is 12.1. The first kappa shape index (κ1) is 13.1. The summed E-state index contributed by atoms with van der Waals surface area (Å²) in [6.07, 6.45) is 8.61. The highest BCUT2D eigenvalue weighted by molar-refractivity contribution is 4.81. The normalized spacial score (nSPS) is 37.0. The Morgan fingerprint density at radius 3 is 2.07 bits per heavy atom. The second kappa shape index (κ2) is 5.37. The molecule has 0 aromatic rings. The van der Waals surface area contributed by atoms with Crippen molar-refractivity contribution in [2.24, 2.45) is 23.2 Å². The third-order valence-corrected chi connectivity index (χ3v) is 4.30. The zero-order valence-corrected chi connectivity index (χ0v) is 11.5. The molecule has 1 saturated carbocycles. The van der Waals surface area contributed by atoms with Gasteiger partial charge in [0.1, 0.15) is 0 Å². The van der Waals surface area contributed by atoms with Gasteiger partial charge in [-0.3, -0.25) is 0 Å². The Morgan fingerprint density at radius 1 is 0.933 bits per heavy atom. The zero-order valence-electron chi connectivity index (χ0n) is 11.5. The van der Waals surface area contributed by atoms with Crippen molar-refractivity contribution in [3.8, 4) is 0 Å². The molecule has 15 heavy (non-hydrogen) atoms. The van der Waals surface area contributed by atoms with Crippen LogP contribution < -0.4 is 0 Å². The van der Waals surface area contributed by atoms with E-state index in [0.29, 0.717) is 5.41 Å². The molecule has 1 fully saturated rings. The zero-order chi connectivity index (χ0) is 11.5. The average Bonchev–Trinajstić information content (AvgIpc) is 2.11. The molecular formula is C15H30. The van der Waals surface area contributed by atoms with Crippen LogP contribution in [0.2, 0.25) is 0 Å². The smallest absolute Gasteiger partial charge is 0.0349 e. The molecule has 0 saturated heterocycles. The van der Waals surface area contributed by atoms with Crippen LogP contribution in [0, 0.1) is 23.2 Å². The SMILES string of the molecule is CCC1CC(C)CC(C)(C)CC(CC)C1. The highest BCUT2D eigenvalue weighted by Crippen LogP contribution is 2.41. The lowest BCUT2D eigenvalue weighted by molar-refractivity contribution is 0.140. The summed E-state index contributed by atoms with van der Waals surface area (Å²) in [6, 6.07) is 0. The minimum Gasteiger partial charge on any atom is -0.0651 e. The van der Waals surface area contributed by atoms with Crippen LogP contribution in [0.4, 0.5) is 0 Å². The van der Waals surface area contributed by atoms with Crippen molar-refractivity contribution in [2.45, 2.75) is 73.1 Å². The van der Waals surface area contributed by atoms with Crippen LogP contribution in [-0.4, -0.2) is 0 Å². The van der Waals surface area contributed by atoms with E-state index in [1.54, 1.807) is 0 Å².